The lowest BCUT2D eigenvalue weighted by Crippen LogP contribution is -2.44. The standard InChI is InChI=1S/C11H21N3O4/c1-4-6-12-9(15)8-14(3)11(17)13-7-10(16)18-5-2/h4-8H2,1-3H3,(H,12,15)(H,13,17). The first-order valence-electron chi connectivity index (χ1n) is 5.92. The highest BCUT2D eigenvalue weighted by atomic mass is 16.5. The second kappa shape index (κ2) is 9.26. The Labute approximate surface area is 107 Å². The van der Waals surface area contributed by atoms with E-state index in [0.29, 0.717) is 6.54 Å². The molecule has 0 aliphatic carbocycles. The summed E-state index contributed by atoms with van der Waals surface area (Å²) in [5.74, 6) is -0.736. The number of carbonyl (C=O) groups is 3. The zero-order valence-electron chi connectivity index (χ0n) is 11.1. The molecule has 0 heterocycles. The lowest BCUT2D eigenvalue weighted by Gasteiger charge is -2.17. The van der Waals surface area contributed by atoms with Gasteiger partial charge in [-0.25, -0.2) is 4.79 Å². The van der Waals surface area contributed by atoms with E-state index in [9.17, 15) is 14.4 Å². The average Bonchev–Trinajstić information content (AvgIpc) is 2.33. The third-order valence-electron chi connectivity index (χ3n) is 1.99. The SMILES string of the molecule is CCCNC(=O)CN(C)C(=O)NCC(=O)OCC. The number of ether oxygens (including phenoxy) is 1. The molecule has 2 N–H and O–H groups in total. The molecule has 7 nitrogen and oxygen atoms in total. The number of amides is 3. The van der Waals surface area contributed by atoms with Crippen LogP contribution in [0.2, 0.25) is 0 Å². The minimum atomic E-state index is -0.505. The summed E-state index contributed by atoms with van der Waals surface area (Å²) in [4.78, 5) is 35.0. The van der Waals surface area contributed by atoms with Gasteiger partial charge >= 0.3 is 12.0 Å². The van der Waals surface area contributed by atoms with E-state index in [0.717, 1.165) is 6.42 Å². The number of urea groups is 1. The van der Waals surface area contributed by atoms with E-state index in [4.69, 9.17) is 0 Å². The van der Waals surface area contributed by atoms with E-state index in [1.807, 2.05) is 6.92 Å². The average molecular weight is 259 g/mol. The molecule has 0 atom stereocenters. The van der Waals surface area contributed by atoms with Gasteiger partial charge in [-0.2, -0.15) is 0 Å². The Morgan fingerprint density at radius 1 is 1.17 bits per heavy atom. The largest absolute Gasteiger partial charge is 0.465 e. The maximum absolute atomic E-state index is 11.5. The highest BCUT2D eigenvalue weighted by Crippen LogP contribution is 1.85. The fraction of sp³-hybridized carbons (Fsp3) is 0.727. The van der Waals surface area contributed by atoms with Crippen molar-refractivity contribution in [3.05, 3.63) is 0 Å². The van der Waals surface area contributed by atoms with Gasteiger partial charge in [0.1, 0.15) is 13.1 Å². The van der Waals surface area contributed by atoms with E-state index < -0.39 is 12.0 Å². The summed E-state index contributed by atoms with van der Waals surface area (Å²) in [7, 11) is 1.48. The third kappa shape index (κ3) is 7.48. The molecule has 0 aromatic heterocycles. The molecular formula is C11H21N3O4. The molecule has 0 saturated carbocycles. The van der Waals surface area contributed by atoms with Crippen molar-refractivity contribution in [2.75, 3.05) is 33.3 Å². The Morgan fingerprint density at radius 2 is 1.83 bits per heavy atom. The van der Waals surface area contributed by atoms with Crippen LogP contribution in [0.4, 0.5) is 4.79 Å². The Bertz CT molecular complexity index is 294. The van der Waals surface area contributed by atoms with Gasteiger partial charge in [-0.15, -0.1) is 0 Å². The molecule has 0 aromatic carbocycles. The van der Waals surface area contributed by atoms with Crippen molar-refractivity contribution >= 4 is 17.9 Å². The number of carbonyl (C=O) groups excluding carboxylic acids is 3. The zero-order valence-corrected chi connectivity index (χ0v) is 11.1. The second-order valence-electron chi connectivity index (χ2n) is 3.67. The summed E-state index contributed by atoms with van der Waals surface area (Å²) in [6, 6.07) is -0.491. The highest BCUT2D eigenvalue weighted by Gasteiger charge is 2.13. The number of esters is 1. The molecule has 0 saturated heterocycles. The number of hydrogen-bond acceptors (Lipinski definition) is 4. The summed E-state index contributed by atoms with van der Waals surface area (Å²) in [6.45, 7) is 4.23. The molecule has 0 rings (SSSR count). The van der Waals surface area contributed by atoms with Crippen LogP contribution in [0.3, 0.4) is 0 Å². The Morgan fingerprint density at radius 3 is 2.39 bits per heavy atom. The predicted molar refractivity (Wildman–Crippen MR) is 66.0 cm³/mol. The van der Waals surface area contributed by atoms with Gasteiger partial charge in [0.05, 0.1) is 6.61 Å². The van der Waals surface area contributed by atoms with Crippen molar-refractivity contribution in [1.29, 1.82) is 0 Å². The van der Waals surface area contributed by atoms with Gasteiger partial charge < -0.3 is 20.3 Å². The number of likely N-dealkylation sites (N-methyl/N-ethyl adjacent to an activating group) is 1. The number of nitrogens with one attached hydrogen (secondary N) is 2. The predicted octanol–water partition coefficient (Wildman–Crippen LogP) is -0.283. The van der Waals surface area contributed by atoms with Gasteiger partial charge in [-0.1, -0.05) is 6.92 Å². The lowest BCUT2D eigenvalue weighted by molar-refractivity contribution is -0.141. The van der Waals surface area contributed by atoms with Gasteiger partial charge in [-0.05, 0) is 13.3 Å². The molecule has 0 radical (unpaired) electrons. The molecular weight excluding hydrogens is 238 g/mol. The minimum absolute atomic E-state index is 0.0470. The molecule has 0 fully saturated rings. The molecule has 0 aliphatic rings. The summed E-state index contributed by atoms with van der Waals surface area (Å²) >= 11 is 0. The van der Waals surface area contributed by atoms with Crippen LogP contribution in [0, 0.1) is 0 Å². The molecule has 0 aliphatic heterocycles. The van der Waals surface area contributed by atoms with Crippen LogP contribution in [0.15, 0.2) is 0 Å². The van der Waals surface area contributed by atoms with Crippen molar-refractivity contribution in [1.82, 2.24) is 15.5 Å². The maximum atomic E-state index is 11.5. The molecule has 18 heavy (non-hydrogen) atoms. The van der Waals surface area contributed by atoms with E-state index in [2.05, 4.69) is 15.4 Å². The summed E-state index contributed by atoms with van der Waals surface area (Å²) in [5, 5.41) is 5.01. The number of nitrogens with zero attached hydrogens (tertiary/aromatic N) is 1. The van der Waals surface area contributed by atoms with Crippen LogP contribution in [-0.2, 0) is 14.3 Å². The normalized spacial score (nSPS) is 9.50. The maximum Gasteiger partial charge on any atom is 0.325 e. The van der Waals surface area contributed by atoms with Crippen LogP contribution < -0.4 is 10.6 Å². The van der Waals surface area contributed by atoms with E-state index >= 15 is 0 Å². The van der Waals surface area contributed by atoms with Gasteiger partial charge in [0, 0.05) is 13.6 Å². The van der Waals surface area contributed by atoms with Gasteiger partial charge in [0.15, 0.2) is 0 Å². The first-order valence-corrected chi connectivity index (χ1v) is 5.92. The van der Waals surface area contributed by atoms with E-state index in [-0.39, 0.29) is 25.6 Å². The van der Waals surface area contributed by atoms with E-state index in [1.54, 1.807) is 6.92 Å². The molecule has 104 valence electrons. The smallest absolute Gasteiger partial charge is 0.325 e. The first kappa shape index (κ1) is 16.2. The minimum Gasteiger partial charge on any atom is -0.465 e. The second-order valence-corrected chi connectivity index (χ2v) is 3.67. The van der Waals surface area contributed by atoms with E-state index in [1.165, 1.54) is 11.9 Å². The van der Waals surface area contributed by atoms with Crippen molar-refractivity contribution in [3.63, 3.8) is 0 Å². The Hall–Kier alpha value is -1.79. The molecule has 0 bridgehead atoms. The summed E-state index contributed by atoms with van der Waals surface area (Å²) < 4.78 is 4.65. The topological polar surface area (TPSA) is 87.7 Å². The van der Waals surface area contributed by atoms with Crippen molar-refractivity contribution < 1.29 is 19.1 Å². The first-order chi connectivity index (χ1) is 8.51. The quantitative estimate of drug-likeness (QED) is 0.615. The fourth-order valence-electron chi connectivity index (χ4n) is 1.10. The van der Waals surface area contributed by atoms with Gasteiger partial charge in [0.2, 0.25) is 5.91 Å². The van der Waals surface area contributed by atoms with Crippen LogP contribution in [-0.4, -0.2) is 56.1 Å². The summed E-state index contributed by atoms with van der Waals surface area (Å²) in [6.07, 6.45) is 0.838. The van der Waals surface area contributed by atoms with Crippen molar-refractivity contribution in [2.45, 2.75) is 20.3 Å². The fourth-order valence-corrected chi connectivity index (χ4v) is 1.10. The highest BCUT2D eigenvalue weighted by molar-refractivity contribution is 5.85. The number of hydrogen-bond donors (Lipinski definition) is 2. The molecule has 7 heteroatoms. The lowest BCUT2D eigenvalue weighted by atomic mass is 10.4. The molecule has 0 unspecified atom stereocenters. The van der Waals surface area contributed by atoms with Crippen LogP contribution in [0.25, 0.3) is 0 Å². The monoisotopic (exact) mass is 259 g/mol. The van der Waals surface area contributed by atoms with Crippen molar-refractivity contribution in [3.8, 4) is 0 Å². The van der Waals surface area contributed by atoms with Crippen molar-refractivity contribution in [2.24, 2.45) is 0 Å². The third-order valence-corrected chi connectivity index (χ3v) is 1.99. The van der Waals surface area contributed by atoms with Crippen LogP contribution >= 0.6 is 0 Å². The van der Waals surface area contributed by atoms with Gasteiger partial charge in [0.25, 0.3) is 0 Å². The molecule has 0 aromatic rings. The molecule has 3 amide bonds. The zero-order chi connectivity index (χ0) is 14.0. The van der Waals surface area contributed by atoms with Gasteiger partial charge in [-0.3, -0.25) is 9.59 Å². The Balaban J connectivity index is 3.88. The number of rotatable bonds is 7. The van der Waals surface area contributed by atoms with Crippen LogP contribution in [0.1, 0.15) is 20.3 Å². The molecule has 0 spiro atoms. The Kier molecular flexibility index (Phi) is 8.34. The van der Waals surface area contributed by atoms with Crippen LogP contribution in [0.5, 0.6) is 0 Å². The summed E-state index contributed by atoms with van der Waals surface area (Å²) in [5.41, 5.74) is 0.